The van der Waals surface area contributed by atoms with Gasteiger partial charge in [0.25, 0.3) is 0 Å². The van der Waals surface area contributed by atoms with Crippen molar-refractivity contribution in [3.05, 3.63) is 82.6 Å². The molecule has 0 aromatic heterocycles. The van der Waals surface area contributed by atoms with Crippen molar-refractivity contribution in [1.82, 2.24) is 4.90 Å². The number of nitrogens with one attached hydrogen (secondary N) is 1. The molecule has 5 nitrogen and oxygen atoms in total. The van der Waals surface area contributed by atoms with E-state index >= 15 is 0 Å². The third-order valence-electron chi connectivity index (χ3n) is 5.58. The molecule has 1 heterocycles. The molecule has 4 rings (SSSR count). The van der Waals surface area contributed by atoms with Gasteiger partial charge in [-0.05, 0) is 90.4 Å². The van der Waals surface area contributed by atoms with Crippen molar-refractivity contribution in [2.45, 2.75) is 12.5 Å². The van der Waals surface area contributed by atoms with E-state index in [1.807, 2.05) is 36.4 Å². The summed E-state index contributed by atoms with van der Waals surface area (Å²) in [6, 6.07) is 17.2. The van der Waals surface area contributed by atoms with Crippen molar-refractivity contribution in [2.75, 3.05) is 32.7 Å². The number of rotatable bonds is 6. The normalized spacial score (nSPS) is 14.9. The van der Waals surface area contributed by atoms with Crippen LogP contribution in [0, 0.1) is 5.82 Å². The Balaban J connectivity index is 1.63. The average Bonchev–Trinajstić information content (AvgIpc) is 2.83. The van der Waals surface area contributed by atoms with E-state index in [9.17, 15) is 4.39 Å². The fourth-order valence-corrected chi connectivity index (χ4v) is 4.35. The molecule has 1 N–H and O–H groups in total. The molecule has 1 aliphatic rings. The second-order valence-electron chi connectivity index (χ2n) is 7.57. The summed E-state index contributed by atoms with van der Waals surface area (Å²) in [5.74, 6) is 1.60. The lowest BCUT2D eigenvalue weighted by molar-refractivity contribution is 0.190. The van der Waals surface area contributed by atoms with Gasteiger partial charge in [-0.25, -0.2) is 4.39 Å². The Morgan fingerprint density at radius 2 is 1.73 bits per heavy atom. The van der Waals surface area contributed by atoms with E-state index in [4.69, 9.17) is 38.0 Å². The Kier molecular flexibility index (Phi) is 7.20. The quantitative estimate of drug-likeness (QED) is 0.439. The number of thiocarbonyl (C=S) groups is 1. The van der Waals surface area contributed by atoms with E-state index in [-0.39, 0.29) is 11.9 Å². The predicted molar refractivity (Wildman–Crippen MR) is 132 cm³/mol. The summed E-state index contributed by atoms with van der Waals surface area (Å²) < 4.78 is 30.4. The van der Waals surface area contributed by atoms with Gasteiger partial charge in [0.05, 0.1) is 20.3 Å². The molecule has 0 radical (unpaired) electrons. The summed E-state index contributed by atoms with van der Waals surface area (Å²) in [4.78, 5) is 2.10. The highest BCUT2D eigenvalue weighted by molar-refractivity contribution is 7.80. The number of hydrogen-bond donors (Lipinski definition) is 1. The maximum Gasteiger partial charge on any atom is 0.174 e. The van der Waals surface area contributed by atoms with Crippen molar-refractivity contribution in [3.8, 4) is 17.2 Å². The van der Waals surface area contributed by atoms with E-state index < -0.39 is 0 Å². The first kappa shape index (κ1) is 23.1. The summed E-state index contributed by atoms with van der Waals surface area (Å²) >= 11 is 11.8. The van der Waals surface area contributed by atoms with Crippen LogP contribution in [0.2, 0.25) is 5.02 Å². The number of halogens is 2. The minimum absolute atomic E-state index is 0.189. The molecule has 172 valence electrons. The van der Waals surface area contributed by atoms with Crippen molar-refractivity contribution >= 4 is 34.6 Å². The fourth-order valence-electron chi connectivity index (χ4n) is 3.89. The molecule has 0 bridgehead atoms. The maximum atomic E-state index is 13.3. The zero-order valence-corrected chi connectivity index (χ0v) is 19.9. The Labute approximate surface area is 203 Å². The highest BCUT2D eigenvalue weighted by Crippen LogP contribution is 2.38. The van der Waals surface area contributed by atoms with Crippen LogP contribution in [0.25, 0.3) is 0 Å². The first-order chi connectivity index (χ1) is 16.0. The summed E-state index contributed by atoms with van der Waals surface area (Å²) in [6.45, 7) is 1.01. The van der Waals surface area contributed by atoms with Gasteiger partial charge in [0.2, 0.25) is 0 Å². The smallest absolute Gasteiger partial charge is 0.174 e. The zero-order chi connectivity index (χ0) is 23.4. The van der Waals surface area contributed by atoms with Crippen molar-refractivity contribution in [1.29, 1.82) is 0 Å². The summed E-state index contributed by atoms with van der Waals surface area (Å²) in [5, 5.41) is 4.53. The van der Waals surface area contributed by atoms with Crippen molar-refractivity contribution < 1.29 is 18.6 Å². The second kappa shape index (κ2) is 10.3. The molecule has 0 amide bonds. The van der Waals surface area contributed by atoms with Gasteiger partial charge in [-0.15, -0.1) is 0 Å². The Morgan fingerprint density at radius 1 is 1.06 bits per heavy atom. The number of nitrogens with zero attached hydrogens (tertiary/aromatic N) is 1. The van der Waals surface area contributed by atoms with Crippen LogP contribution in [0.15, 0.2) is 60.7 Å². The van der Waals surface area contributed by atoms with E-state index in [1.165, 1.54) is 12.1 Å². The summed E-state index contributed by atoms with van der Waals surface area (Å²) in [7, 11) is 3.24. The van der Waals surface area contributed by atoms with E-state index in [2.05, 4.69) is 10.2 Å². The summed E-state index contributed by atoms with van der Waals surface area (Å²) in [5.41, 5.74) is 3.04. The molecule has 0 saturated heterocycles. The van der Waals surface area contributed by atoms with Crippen LogP contribution in [-0.2, 0) is 6.42 Å². The zero-order valence-electron chi connectivity index (χ0n) is 18.3. The van der Waals surface area contributed by atoms with Gasteiger partial charge in [-0.2, -0.15) is 0 Å². The first-order valence-corrected chi connectivity index (χ1v) is 11.2. The second-order valence-corrected chi connectivity index (χ2v) is 8.39. The molecule has 8 heteroatoms. The lowest BCUT2D eigenvalue weighted by atomic mass is 9.92. The fraction of sp³-hybridized carbons (Fsp3) is 0.240. The lowest BCUT2D eigenvalue weighted by Gasteiger charge is -2.39. The SMILES string of the molecule is COc1cc2c(cc1OC)[C@H](COc1ccc(F)cc1)N(C(=S)Nc1ccc(Cl)cc1)CC2. The van der Waals surface area contributed by atoms with Gasteiger partial charge < -0.3 is 24.4 Å². The number of methoxy groups -OCH3 is 2. The van der Waals surface area contributed by atoms with Gasteiger partial charge in [0.1, 0.15) is 18.2 Å². The standard InChI is InChI=1S/C25H24ClFN2O3S/c1-30-23-13-16-11-12-29(25(33)28-19-7-3-17(26)4-8-19)22(21(16)14-24(23)31-2)15-32-20-9-5-18(27)6-10-20/h3-10,13-14,22H,11-12,15H2,1-2H3,(H,28,33)/t22-/m0/s1. The van der Waals surface area contributed by atoms with E-state index in [0.717, 1.165) is 23.2 Å². The molecular formula is C25H24ClFN2O3S. The van der Waals surface area contributed by atoms with Crippen LogP contribution in [0.4, 0.5) is 10.1 Å². The van der Waals surface area contributed by atoms with Gasteiger partial charge >= 0.3 is 0 Å². The minimum atomic E-state index is -0.308. The predicted octanol–water partition coefficient (Wildman–Crippen LogP) is 5.87. The first-order valence-electron chi connectivity index (χ1n) is 10.4. The molecule has 0 aliphatic carbocycles. The molecular weight excluding hydrogens is 463 g/mol. The molecule has 3 aromatic carbocycles. The molecule has 0 fully saturated rings. The van der Waals surface area contributed by atoms with Gasteiger partial charge in [0.15, 0.2) is 16.6 Å². The van der Waals surface area contributed by atoms with Crippen LogP contribution >= 0.6 is 23.8 Å². The van der Waals surface area contributed by atoms with Gasteiger partial charge in [0, 0.05) is 17.3 Å². The van der Waals surface area contributed by atoms with Crippen LogP contribution in [0.5, 0.6) is 17.2 Å². The molecule has 3 aromatic rings. The molecule has 33 heavy (non-hydrogen) atoms. The lowest BCUT2D eigenvalue weighted by Crippen LogP contribution is -2.44. The third kappa shape index (κ3) is 5.31. The van der Waals surface area contributed by atoms with Crippen LogP contribution < -0.4 is 19.5 Å². The van der Waals surface area contributed by atoms with Crippen LogP contribution in [0.3, 0.4) is 0 Å². The maximum absolute atomic E-state index is 13.3. The number of fused-ring (bicyclic) bond motifs is 1. The molecule has 0 unspecified atom stereocenters. The Bertz CT molecular complexity index is 1130. The average molecular weight is 487 g/mol. The minimum Gasteiger partial charge on any atom is -0.493 e. The van der Waals surface area contributed by atoms with Crippen LogP contribution in [-0.4, -0.2) is 37.4 Å². The Hall–Kier alpha value is -3.03. The number of hydrogen-bond acceptors (Lipinski definition) is 4. The van der Waals surface area contributed by atoms with E-state index in [1.54, 1.807) is 26.4 Å². The Morgan fingerprint density at radius 3 is 2.39 bits per heavy atom. The highest BCUT2D eigenvalue weighted by atomic mass is 35.5. The molecule has 1 aliphatic heterocycles. The van der Waals surface area contributed by atoms with Gasteiger partial charge in [-0.3, -0.25) is 0 Å². The third-order valence-corrected chi connectivity index (χ3v) is 6.17. The van der Waals surface area contributed by atoms with E-state index in [0.29, 0.717) is 40.5 Å². The summed E-state index contributed by atoms with van der Waals surface area (Å²) in [6.07, 6.45) is 0.783. The van der Waals surface area contributed by atoms with Crippen molar-refractivity contribution in [2.24, 2.45) is 0 Å². The number of benzene rings is 3. The molecule has 1 atom stereocenters. The van der Waals surface area contributed by atoms with Crippen molar-refractivity contribution in [3.63, 3.8) is 0 Å². The largest absolute Gasteiger partial charge is 0.493 e. The number of anilines is 1. The molecule has 0 saturated carbocycles. The number of ether oxygens (including phenoxy) is 3. The van der Waals surface area contributed by atoms with Crippen LogP contribution in [0.1, 0.15) is 17.2 Å². The monoisotopic (exact) mass is 486 g/mol. The molecule has 0 spiro atoms. The van der Waals surface area contributed by atoms with Gasteiger partial charge in [-0.1, -0.05) is 11.6 Å². The topological polar surface area (TPSA) is 43.0 Å². The highest BCUT2D eigenvalue weighted by Gasteiger charge is 2.31.